The number of rotatable bonds is 3. The molecule has 186 valence electrons. The van der Waals surface area contributed by atoms with Gasteiger partial charge in [-0.2, -0.15) is 0 Å². The van der Waals surface area contributed by atoms with Crippen LogP contribution in [0.4, 0.5) is 0 Å². The lowest BCUT2D eigenvalue weighted by Gasteiger charge is -2.19. The van der Waals surface area contributed by atoms with Crippen molar-refractivity contribution < 1.29 is 9.60 Å². The Morgan fingerprint density at radius 1 is 0.375 bits per heavy atom. The molecular formula is C40H26. The summed E-state index contributed by atoms with van der Waals surface area (Å²) in [7, 11) is 0. The zero-order chi connectivity index (χ0) is 32.6. The topological polar surface area (TPSA) is 0 Å². The summed E-state index contributed by atoms with van der Waals surface area (Å²) < 4.78 is 64.7. The minimum Gasteiger partial charge on any atom is -0.0622 e. The molecule has 0 saturated heterocycles. The summed E-state index contributed by atoms with van der Waals surface area (Å²) in [5.41, 5.74) is 3.14. The SMILES string of the molecule is [2H]c1c([2H])c([2H])c2c(-c3cccc4ccccc34)c3c([2H])c(-c4ccc5ccccc5c4)c([2H])c([2H])c3c(-c3ccccc3)c2c1[2H]. The van der Waals surface area contributed by atoms with E-state index in [4.69, 9.17) is 2.74 Å². The van der Waals surface area contributed by atoms with Crippen molar-refractivity contribution >= 4 is 43.1 Å². The molecule has 0 aliphatic heterocycles. The van der Waals surface area contributed by atoms with Crippen LogP contribution in [0.3, 0.4) is 0 Å². The van der Waals surface area contributed by atoms with Crippen molar-refractivity contribution in [2.75, 3.05) is 0 Å². The molecule has 0 spiro atoms. The molecule has 0 bridgehead atoms. The Labute approximate surface area is 243 Å². The zero-order valence-corrected chi connectivity index (χ0v) is 21.5. The van der Waals surface area contributed by atoms with E-state index in [-0.39, 0.29) is 53.1 Å². The van der Waals surface area contributed by atoms with Crippen LogP contribution >= 0.6 is 0 Å². The molecule has 0 atom stereocenters. The molecule has 0 fully saturated rings. The molecule has 0 N–H and O–H groups in total. The van der Waals surface area contributed by atoms with Crippen molar-refractivity contribution in [3.05, 3.63) is 158 Å². The van der Waals surface area contributed by atoms with Crippen molar-refractivity contribution in [1.82, 2.24) is 0 Å². The smallest absolute Gasteiger partial charge is 0.0622 e. The highest BCUT2D eigenvalue weighted by atomic mass is 14.2. The van der Waals surface area contributed by atoms with Crippen LogP contribution in [-0.2, 0) is 0 Å². The minimum absolute atomic E-state index is 0.0331. The fourth-order valence-electron chi connectivity index (χ4n) is 5.81. The first-order valence-electron chi connectivity index (χ1n) is 16.8. The fraction of sp³-hybridized carbons (Fsp3) is 0. The second kappa shape index (κ2) is 9.22. The van der Waals surface area contributed by atoms with Crippen LogP contribution in [0.2, 0.25) is 0 Å². The summed E-state index contributed by atoms with van der Waals surface area (Å²) in [6.07, 6.45) is 0. The average Bonchev–Trinajstić information content (AvgIpc) is 3.11. The third-order valence-corrected chi connectivity index (χ3v) is 7.66. The second-order valence-corrected chi connectivity index (χ2v) is 9.95. The summed E-state index contributed by atoms with van der Waals surface area (Å²) in [6, 6.07) is 35.1. The summed E-state index contributed by atoms with van der Waals surface area (Å²) >= 11 is 0. The van der Waals surface area contributed by atoms with Crippen molar-refractivity contribution in [1.29, 1.82) is 0 Å². The first-order valence-corrected chi connectivity index (χ1v) is 13.3. The lowest BCUT2D eigenvalue weighted by atomic mass is 9.83. The van der Waals surface area contributed by atoms with E-state index >= 15 is 0 Å². The van der Waals surface area contributed by atoms with Crippen LogP contribution in [0.15, 0.2) is 158 Å². The Morgan fingerprint density at radius 2 is 1.05 bits per heavy atom. The van der Waals surface area contributed by atoms with E-state index in [0.29, 0.717) is 44.2 Å². The van der Waals surface area contributed by atoms with Gasteiger partial charge in [0, 0.05) is 0 Å². The quantitative estimate of drug-likeness (QED) is 0.206. The maximum atomic E-state index is 9.88. The van der Waals surface area contributed by atoms with Crippen LogP contribution < -0.4 is 0 Å². The number of benzene rings is 8. The second-order valence-electron chi connectivity index (χ2n) is 9.95. The third kappa shape index (κ3) is 3.61. The average molecular weight is 514 g/mol. The van der Waals surface area contributed by atoms with E-state index in [9.17, 15) is 6.85 Å². The first kappa shape index (κ1) is 16.7. The van der Waals surface area contributed by atoms with Gasteiger partial charge in [-0.1, -0.05) is 145 Å². The predicted octanol–water partition coefficient (Wildman–Crippen LogP) is 11.3. The standard InChI is InChI=1S/C40H26/c1-2-13-29(14-3-1)39-35-18-8-9-19-36(35)40(34-20-10-16-28-12-6-7-17-33(28)34)38-26-32(23-24-37(38)39)31-22-21-27-11-4-5-15-30(27)25-31/h1-26H/i8D,9D,18D,19D,23D,24D,26D. The predicted molar refractivity (Wildman–Crippen MR) is 173 cm³/mol. The van der Waals surface area contributed by atoms with E-state index in [0.717, 1.165) is 21.5 Å². The largest absolute Gasteiger partial charge is 0.0636 e. The van der Waals surface area contributed by atoms with Crippen LogP contribution in [0.5, 0.6) is 0 Å². The van der Waals surface area contributed by atoms with Crippen molar-refractivity contribution in [3.8, 4) is 33.4 Å². The number of hydrogen-bond donors (Lipinski definition) is 0. The lowest BCUT2D eigenvalue weighted by molar-refractivity contribution is 1.65. The van der Waals surface area contributed by atoms with Gasteiger partial charge in [-0.05, 0) is 88.6 Å². The molecule has 0 radical (unpaired) electrons. The molecular weight excluding hydrogens is 480 g/mol. The Balaban J connectivity index is 1.69. The summed E-state index contributed by atoms with van der Waals surface area (Å²) in [5, 5.41) is 5.00. The van der Waals surface area contributed by atoms with Crippen LogP contribution in [0.1, 0.15) is 9.60 Å². The van der Waals surface area contributed by atoms with Gasteiger partial charge in [0.25, 0.3) is 0 Å². The van der Waals surface area contributed by atoms with Gasteiger partial charge in [0.15, 0.2) is 0 Å². The molecule has 0 amide bonds. The molecule has 0 aliphatic carbocycles. The molecule has 0 saturated carbocycles. The fourth-order valence-corrected chi connectivity index (χ4v) is 5.81. The highest BCUT2D eigenvalue weighted by Gasteiger charge is 2.18. The molecule has 0 aliphatic rings. The summed E-state index contributed by atoms with van der Waals surface area (Å²) in [4.78, 5) is 0. The normalized spacial score (nSPS) is 13.9. The molecule has 0 heterocycles. The van der Waals surface area contributed by atoms with Crippen LogP contribution in [0.25, 0.3) is 76.5 Å². The van der Waals surface area contributed by atoms with Gasteiger partial charge >= 0.3 is 0 Å². The summed E-state index contributed by atoms with van der Waals surface area (Å²) in [5.74, 6) is 0. The van der Waals surface area contributed by atoms with Gasteiger partial charge in [0.2, 0.25) is 0 Å². The number of fused-ring (bicyclic) bond motifs is 4. The molecule has 8 aromatic carbocycles. The maximum absolute atomic E-state index is 9.88. The molecule has 0 heteroatoms. The first-order chi connectivity index (χ1) is 22.8. The molecule has 0 unspecified atom stereocenters. The third-order valence-electron chi connectivity index (χ3n) is 7.66. The van der Waals surface area contributed by atoms with Gasteiger partial charge in [0.1, 0.15) is 0 Å². The molecule has 0 nitrogen and oxygen atoms in total. The Hall–Kier alpha value is -5.20. The van der Waals surface area contributed by atoms with Gasteiger partial charge in [0.05, 0.1) is 9.60 Å². The molecule has 0 aromatic heterocycles. The molecule has 8 rings (SSSR count). The highest BCUT2D eigenvalue weighted by Crippen LogP contribution is 2.46. The molecule has 40 heavy (non-hydrogen) atoms. The Bertz CT molecular complexity index is 2590. The van der Waals surface area contributed by atoms with Gasteiger partial charge in [-0.25, -0.2) is 0 Å². The van der Waals surface area contributed by atoms with E-state index < -0.39 is 0 Å². The monoisotopic (exact) mass is 513 g/mol. The maximum Gasteiger partial charge on any atom is 0.0636 e. The van der Waals surface area contributed by atoms with Crippen molar-refractivity contribution in [2.24, 2.45) is 0 Å². The number of hydrogen-bond acceptors (Lipinski definition) is 0. The zero-order valence-electron chi connectivity index (χ0n) is 28.5. The highest BCUT2D eigenvalue weighted by molar-refractivity contribution is 6.24. The van der Waals surface area contributed by atoms with Gasteiger partial charge in [-0.15, -0.1) is 0 Å². The molecule has 8 aromatic rings. The van der Waals surface area contributed by atoms with Gasteiger partial charge in [-0.3, -0.25) is 0 Å². The van der Waals surface area contributed by atoms with Crippen molar-refractivity contribution in [3.63, 3.8) is 0 Å². The van der Waals surface area contributed by atoms with E-state index in [1.807, 2.05) is 115 Å². The Kier molecular flexibility index (Phi) is 3.85. The van der Waals surface area contributed by atoms with Gasteiger partial charge < -0.3 is 0 Å². The van der Waals surface area contributed by atoms with E-state index in [1.165, 1.54) is 0 Å². The van der Waals surface area contributed by atoms with E-state index in [2.05, 4.69) is 0 Å². The minimum atomic E-state index is -0.376. The Morgan fingerprint density at radius 3 is 1.90 bits per heavy atom. The van der Waals surface area contributed by atoms with Crippen LogP contribution in [-0.4, -0.2) is 0 Å². The van der Waals surface area contributed by atoms with E-state index in [1.54, 1.807) is 0 Å². The summed E-state index contributed by atoms with van der Waals surface area (Å²) in [6.45, 7) is 0. The van der Waals surface area contributed by atoms with Crippen LogP contribution in [0, 0.1) is 0 Å². The van der Waals surface area contributed by atoms with Crippen molar-refractivity contribution in [2.45, 2.75) is 0 Å². The lowest BCUT2D eigenvalue weighted by Crippen LogP contribution is -1.92.